The minimum absolute atomic E-state index is 0.0576. The lowest BCUT2D eigenvalue weighted by molar-refractivity contribution is -0.135. The Bertz CT molecular complexity index is 382. The van der Waals surface area contributed by atoms with Crippen molar-refractivity contribution in [1.82, 2.24) is 4.57 Å². The van der Waals surface area contributed by atoms with Gasteiger partial charge in [-0.3, -0.25) is 0 Å². The van der Waals surface area contributed by atoms with Crippen molar-refractivity contribution in [1.29, 1.82) is 0 Å². The van der Waals surface area contributed by atoms with Gasteiger partial charge in [-0.1, -0.05) is 0 Å². The number of rotatable bonds is 4. The van der Waals surface area contributed by atoms with Crippen molar-refractivity contribution in [3.8, 4) is 0 Å². The average molecular weight is 235 g/mol. The number of alkyl halides is 3. The van der Waals surface area contributed by atoms with E-state index in [0.29, 0.717) is 5.56 Å². The van der Waals surface area contributed by atoms with E-state index in [1.807, 2.05) is 0 Å². The molecule has 0 bridgehead atoms. The van der Waals surface area contributed by atoms with E-state index in [1.165, 1.54) is 10.8 Å². The van der Waals surface area contributed by atoms with Gasteiger partial charge in [-0.05, 0) is 25.0 Å². The molecule has 0 saturated heterocycles. The first-order valence-corrected chi connectivity index (χ1v) is 4.77. The van der Waals surface area contributed by atoms with Crippen molar-refractivity contribution >= 4 is 5.97 Å². The lowest BCUT2D eigenvalue weighted by atomic mass is 10.2. The first kappa shape index (κ1) is 12.6. The molecule has 0 atom stereocenters. The summed E-state index contributed by atoms with van der Waals surface area (Å²) in [6, 6.07) is 1.58. The summed E-state index contributed by atoms with van der Waals surface area (Å²) in [4.78, 5) is 10.8. The summed E-state index contributed by atoms with van der Waals surface area (Å²) >= 11 is 0. The van der Waals surface area contributed by atoms with Gasteiger partial charge in [-0.2, -0.15) is 13.2 Å². The van der Waals surface area contributed by atoms with Crippen molar-refractivity contribution < 1.29 is 23.1 Å². The normalized spacial score (nSPS) is 11.8. The second-order valence-corrected chi connectivity index (χ2v) is 3.56. The molecule has 90 valence electrons. The molecule has 0 aliphatic heterocycles. The van der Waals surface area contributed by atoms with Crippen LogP contribution in [0.2, 0.25) is 0 Å². The molecule has 1 aromatic rings. The molecule has 0 unspecified atom stereocenters. The smallest absolute Gasteiger partial charge is 0.389 e. The third kappa shape index (κ3) is 3.29. The molecule has 3 nitrogen and oxygen atoms in total. The molecule has 0 aromatic carbocycles. The van der Waals surface area contributed by atoms with E-state index in [0.717, 1.165) is 0 Å². The van der Waals surface area contributed by atoms with Gasteiger partial charge in [0, 0.05) is 19.2 Å². The highest BCUT2D eigenvalue weighted by Crippen LogP contribution is 2.22. The Balaban J connectivity index is 2.64. The standard InChI is InChI=1S/C10H12F3NO2/c1-7-3-6-14(8(7)9(15)16)5-2-4-10(11,12)13/h3,6H,2,4-5H2,1H3,(H,15,16). The summed E-state index contributed by atoms with van der Waals surface area (Å²) in [6.07, 6.45) is -3.71. The van der Waals surface area contributed by atoms with Gasteiger partial charge < -0.3 is 9.67 Å². The van der Waals surface area contributed by atoms with Gasteiger partial charge in [0.2, 0.25) is 0 Å². The van der Waals surface area contributed by atoms with Crippen LogP contribution >= 0.6 is 0 Å². The topological polar surface area (TPSA) is 42.2 Å². The summed E-state index contributed by atoms with van der Waals surface area (Å²) in [7, 11) is 0. The molecule has 0 spiro atoms. The van der Waals surface area contributed by atoms with Gasteiger partial charge in [-0.15, -0.1) is 0 Å². The van der Waals surface area contributed by atoms with E-state index in [-0.39, 0.29) is 18.7 Å². The Kier molecular flexibility index (Phi) is 3.62. The van der Waals surface area contributed by atoms with E-state index in [1.54, 1.807) is 13.0 Å². The molecule has 0 amide bonds. The number of carboxylic acids is 1. The Hall–Kier alpha value is -1.46. The van der Waals surface area contributed by atoms with Crippen molar-refractivity contribution in [2.45, 2.75) is 32.5 Å². The average Bonchev–Trinajstić information content (AvgIpc) is 2.44. The van der Waals surface area contributed by atoms with E-state index in [9.17, 15) is 18.0 Å². The lowest BCUT2D eigenvalue weighted by Gasteiger charge is -2.08. The van der Waals surface area contributed by atoms with Crippen LogP contribution in [0.15, 0.2) is 12.3 Å². The summed E-state index contributed by atoms with van der Waals surface area (Å²) in [5.41, 5.74) is 0.613. The van der Waals surface area contributed by atoms with Gasteiger partial charge in [0.05, 0.1) is 0 Å². The lowest BCUT2D eigenvalue weighted by Crippen LogP contribution is -2.12. The van der Waals surface area contributed by atoms with Crippen LogP contribution in [-0.2, 0) is 6.54 Å². The van der Waals surface area contributed by atoms with Crippen LogP contribution in [0.1, 0.15) is 28.9 Å². The second-order valence-electron chi connectivity index (χ2n) is 3.56. The van der Waals surface area contributed by atoms with Gasteiger partial charge in [-0.25, -0.2) is 4.79 Å². The number of aromatic nitrogens is 1. The number of carbonyl (C=O) groups is 1. The molecule has 0 aliphatic rings. The highest BCUT2D eigenvalue weighted by molar-refractivity contribution is 5.87. The number of carboxylic acid groups (broad SMARTS) is 1. The van der Waals surface area contributed by atoms with Crippen molar-refractivity contribution in [2.24, 2.45) is 0 Å². The zero-order chi connectivity index (χ0) is 12.3. The third-order valence-electron chi connectivity index (χ3n) is 2.23. The summed E-state index contributed by atoms with van der Waals surface area (Å²) < 4.78 is 37.0. The monoisotopic (exact) mass is 235 g/mol. The van der Waals surface area contributed by atoms with Crippen LogP contribution in [0, 0.1) is 6.92 Å². The number of halogens is 3. The van der Waals surface area contributed by atoms with Gasteiger partial charge in [0.25, 0.3) is 0 Å². The highest BCUT2D eigenvalue weighted by Gasteiger charge is 2.26. The molecule has 0 radical (unpaired) electrons. The molecule has 0 saturated carbocycles. The number of hydrogen-bond donors (Lipinski definition) is 1. The van der Waals surface area contributed by atoms with Crippen molar-refractivity contribution in [3.05, 3.63) is 23.5 Å². The van der Waals surface area contributed by atoms with Crippen LogP contribution in [0.25, 0.3) is 0 Å². The van der Waals surface area contributed by atoms with E-state index in [4.69, 9.17) is 5.11 Å². The molecule has 1 aromatic heterocycles. The fourth-order valence-electron chi connectivity index (χ4n) is 1.51. The van der Waals surface area contributed by atoms with Crippen LogP contribution in [0.4, 0.5) is 13.2 Å². The highest BCUT2D eigenvalue weighted by atomic mass is 19.4. The molecule has 0 aliphatic carbocycles. The molecule has 6 heteroatoms. The van der Waals surface area contributed by atoms with E-state index in [2.05, 4.69) is 0 Å². The second kappa shape index (κ2) is 4.59. The molecular formula is C10H12F3NO2. The molecule has 1 N–H and O–H groups in total. The van der Waals surface area contributed by atoms with Crippen molar-refractivity contribution in [3.63, 3.8) is 0 Å². The van der Waals surface area contributed by atoms with Crippen LogP contribution < -0.4 is 0 Å². The third-order valence-corrected chi connectivity index (χ3v) is 2.23. The molecule has 1 rings (SSSR count). The maximum absolute atomic E-state index is 11.9. The fourth-order valence-corrected chi connectivity index (χ4v) is 1.51. The Labute approximate surface area is 90.5 Å². The minimum Gasteiger partial charge on any atom is -0.477 e. The van der Waals surface area contributed by atoms with E-state index < -0.39 is 18.6 Å². The van der Waals surface area contributed by atoms with Crippen LogP contribution in [0.5, 0.6) is 0 Å². The first-order valence-electron chi connectivity index (χ1n) is 4.77. The molecule has 1 heterocycles. The largest absolute Gasteiger partial charge is 0.477 e. The van der Waals surface area contributed by atoms with Gasteiger partial charge in [0.15, 0.2) is 0 Å². The summed E-state index contributed by atoms with van der Waals surface area (Å²) in [5.74, 6) is -1.12. The summed E-state index contributed by atoms with van der Waals surface area (Å²) in [6.45, 7) is 1.68. The zero-order valence-electron chi connectivity index (χ0n) is 8.71. The maximum atomic E-state index is 11.9. The number of aromatic carboxylic acids is 1. The number of aryl methyl sites for hydroxylation is 2. The number of nitrogens with zero attached hydrogens (tertiary/aromatic N) is 1. The predicted molar refractivity (Wildman–Crippen MR) is 51.4 cm³/mol. The Morgan fingerprint density at radius 3 is 2.62 bits per heavy atom. The summed E-state index contributed by atoms with van der Waals surface area (Å²) in [5, 5.41) is 8.85. The maximum Gasteiger partial charge on any atom is 0.389 e. The van der Waals surface area contributed by atoms with Crippen LogP contribution in [-0.4, -0.2) is 21.8 Å². The zero-order valence-corrected chi connectivity index (χ0v) is 8.71. The predicted octanol–water partition coefficient (Wildman–Crippen LogP) is 2.84. The fraction of sp³-hybridized carbons (Fsp3) is 0.500. The van der Waals surface area contributed by atoms with Crippen molar-refractivity contribution in [2.75, 3.05) is 0 Å². The Morgan fingerprint density at radius 1 is 1.50 bits per heavy atom. The van der Waals surface area contributed by atoms with Gasteiger partial charge in [0.1, 0.15) is 5.69 Å². The van der Waals surface area contributed by atoms with Crippen LogP contribution in [0.3, 0.4) is 0 Å². The molecule has 16 heavy (non-hydrogen) atoms. The molecular weight excluding hydrogens is 223 g/mol. The van der Waals surface area contributed by atoms with E-state index >= 15 is 0 Å². The van der Waals surface area contributed by atoms with Gasteiger partial charge >= 0.3 is 12.1 Å². The minimum atomic E-state index is -4.19. The Morgan fingerprint density at radius 2 is 2.12 bits per heavy atom. The number of hydrogen-bond acceptors (Lipinski definition) is 1. The SMILES string of the molecule is Cc1ccn(CCCC(F)(F)F)c1C(=O)O. The quantitative estimate of drug-likeness (QED) is 0.871. The molecule has 0 fully saturated rings. The first-order chi connectivity index (χ1) is 7.31.